The molecule has 0 heterocycles. The van der Waals surface area contributed by atoms with Gasteiger partial charge in [-0.25, -0.2) is 0 Å². The third-order valence-electron chi connectivity index (χ3n) is 1.90. The Labute approximate surface area is 93.9 Å². The molecular formula is C12H12N2O2. The number of nitrogens with zero attached hydrogens (tertiary/aromatic N) is 1. The van der Waals surface area contributed by atoms with Gasteiger partial charge in [-0.1, -0.05) is 18.2 Å². The predicted octanol–water partition coefficient (Wildman–Crippen LogP) is 1.39. The maximum atomic E-state index is 11.5. The molecule has 4 heteroatoms. The van der Waals surface area contributed by atoms with Crippen molar-refractivity contribution in [3.8, 4) is 11.8 Å². The molecule has 2 N–H and O–H groups in total. The number of carbonyl (C=O) groups excluding carboxylic acids is 1. The zero-order valence-electron chi connectivity index (χ0n) is 8.93. The Morgan fingerprint density at radius 3 is 2.56 bits per heavy atom. The summed E-state index contributed by atoms with van der Waals surface area (Å²) in [6, 6.07) is 10.7. The number of rotatable bonds is 4. The number of nitriles is 1. The van der Waals surface area contributed by atoms with E-state index < -0.39 is 5.78 Å². The van der Waals surface area contributed by atoms with E-state index in [1.54, 1.807) is 30.3 Å². The summed E-state index contributed by atoms with van der Waals surface area (Å²) in [4.78, 5) is 11.5. The molecule has 1 aromatic rings. The van der Waals surface area contributed by atoms with Crippen molar-refractivity contribution in [3.63, 3.8) is 0 Å². The monoisotopic (exact) mass is 216 g/mol. The summed E-state index contributed by atoms with van der Waals surface area (Å²) in [5.41, 5.74) is 5.56. The Morgan fingerprint density at radius 2 is 2.06 bits per heavy atom. The summed E-state index contributed by atoms with van der Waals surface area (Å²) in [5.74, 6) is 0.175. The summed E-state index contributed by atoms with van der Waals surface area (Å²) < 4.78 is 5.21. The normalized spacial score (nSPS) is 11.2. The second-order valence-electron chi connectivity index (χ2n) is 3.19. The van der Waals surface area contributed by atoms with Gasteiger partial charge in [0.25, 0.3) is 0 Å². The number of allylic oxidation sites excluding steroid dienone is 1. The van der Waals surface area contributed by atoms with E-state index in [1.165, 1.54) is 6.92 Å². The Morgan fingerprint density at radius 1 is 1.44 bits per heavy atom. The summed E-state index contributed by atoms with van der Waals surface area (Å²) in [6.45, 7) is 1.33. The van der Waals surface area contributed by atoms with Gasteiger partial charge in [-0.05, 0) is 19.1 Å². The molecule has 0 saturated heterocycles. The number of hydrogen-bond donors (Lipinski definition) is 1. The van der Waals surface area contributed by atoms with Crippen LogP contribution in [0.2, 0.25) is 0 Å². The highest BCUT2D eigenvalue weighted by atomic mass is 16.5. The van der Waals surface area contributed by atoms with Gasteiger partial charge in [0, 0.05) is 5.70 Å². The van der Waals surface area contributed by atoms with Gasteiger partial charge in [0.1, 0.15) is 17.4 Å². The van der Waals surface area contributed by atoms with Crippen molar-refractivity contribution in [2.45, 2.75) is 6.92 Å². The Hall–Kier alpha value is -2.28. The molecule has 1 rings (SSSR count). The Bertz CT molecular complexity index is 440. The number of nitrogens with two attached hydrogens (primary N) is 1. The number of ether oxygens (including phenoxy) is 1. The number of carbonyl (C=O) groups is 1. The molecule has 0 spiro atoms. The lowest BCUT2D eigenvalue weighted by Crippen LogP contribution is -2.16. The average Bonchev–Trinajstić information content (AvgIpc) is 2.28. The third kappa shape index (κ3) is 3.14. The molecule has 1 aromatic carbocycles. The molecule has 0 aromatic heterocycles. The summed E-state index contributed by atoms with van der Waals surface area (Å²) in [5, 5.41) is 8.70. The van der Waals surface area contributed by atoms with Crippen molar-refractivity contribution >= 4 is 5.78 Å². The van der Waals surface area contributed by atoms with E-state index in [4.69, 9.17) is 15.7 Å². The van der Waals surface area contributed by atoms with Crippen LogP contribution in [0.4, 0.5) is 0 Å². The van der Waals surface area contributed by atoms with Gasteiger partial charge in [0.2, 0.25) is 5.78 Å². The number of Topliss-reactive ketones (excluding diaryl/α,β-unsaturated/α-hetero) is 1. The molecule has 0 bridgehead atoms. The van der Waals surface area contributed by atoms with Crippen molar-refractivity contribution in [3.05, 3.63) is 41.6 Å². The van der Waals surface area contributed by atoms with Crippen molar-refractivity contribution < 1.29 is 9.53 Å². The van der Waals surface area contributed by atoms with Crippen molar-refractivity contribution in [2.24, 2.45) is 5.73 Å². The number of benzene rings is 1. The minimum atomic E-state index is -0.411. The highest BCUT2D eigenvalue weighted by Crippen LogP contribution is 2.09. The molecule has 0 radical (unpaired) electrons. The lowest BCUT2D eigenvalue weighted by molar-refractivity contribution is -0.117. The minimum absolute atomic E-state index is 0.0454. The molecule has 0 aliphatic rings. The highest BCUT2D eigenvalue weighted by molar-refractivity contribution is 6.00. The first kappa shape index (κ1) is 11.8. The smallest absolute Gasteiger partial charge is 0.212 e. The molecule has 0 atom stereocenters. The first-order valence-corrected chi connectivity index (χ1v) is 4.72. The van der Waals surface area contributed by atoms with Gasteiger partial charge in [-0.3, -0.25) is 4.79 Å². The van der Waals surface area contributed by atoms with Crippen LogP contribution in [0.25, 0.3) is 0 Å². The summed E-state index contributed by atoms with van der Waals surface area (Å²) >= 11 is 0. The number of hydrogen-bond acceptors (Lipinski definition) is 4. The number of ketones is 1. The zero-order chi connectivity index (χ0) is 12.0. The van der Waals surface area contributed by atoms with E-state index in [0.29, 0.717) is 5.75 Å². The van der Waals surface area contributed by atoms with Crippen LogP contribution in [0.1, 0.15) is 6.92 Å². The second kappa shape index (κ2) is 5.56. The molecule has 0 amide bonds. The number of para-hydroxylation sites is 1. The molecule has 0 fully saturated rings. The molecule has 0 unspecified atom stereocenters. The standard InChI is InChI=1S/C12H12N2O2/c1-9(14)11(7-13)12(15)8-16-10-5-3-2-4-6-10/h2-6H,8,14H2,1H3/b11-9+. The first-order valence-electron chi connectivity index (χ1n) is 4.72. The van der Waals surface area contributed by atoms with Crippen LogP contribution in [-0.2, 0) is 4.79 Å². The topological polar surface area (TPSA) is 76.1 Å². The fraction of sp³-hybridized carbons (Fsp3) is 0.167. The fourth-order valence-electron chi connectivity index (χ4n) is 1.11. The van der Waals surface area contributed by atoms with Crippen LogP contribution in [0, 0.1) is 11.3 Å². The van der Waals surface area contributed by atoms with Crippen molar-refractivity contribution in [1.82, 2.24) is 0 Å². The molecule has 16 heavy (non-hydrogen) atoms. The van der Waals surface area contributed by atoms with Gasteiger partial charge in [0.05, 0.1) is 0 Å². The molecule has 0 aliphatic heterocycles. The van der Waals surface area contributed by atoms with Crippen LogP contribution in [0.3, 0.4) is 0 Å². The molecule has 82 valence electrons. The third-order valence-corrected chi connectivity index (χ3v) is 1.90. The Balaban J connectivity index is 2.61. The maximum absolute atomic E-state index is 11.5. The lowest BCUT2D eigenvalue weighted by atomic mass is 10.1. The predicted molar refractivity (Wildman–Crippen MR) is 59.4 cm³/mol. The minimum Gasteiger partial charge on any atom is -0.485 e. The average molecular weight is 216 g/mol. The first-order chi connectivity index (χ1) is 7.65. The molecule has 4 nitrogen and oxygen atoms in total. The van der Waals surface area contributed by atoms with Crippen molar-refractivity contribution in [2.75, 3.05) is 6.61 Å². The van der Waals surface area contributed by atoms with E-state index >= 15 is 0 Å². The molecular weight excluding hydrogens is 204 g/mol. The molecule has 0 saturated carbocycles. The second-order valence-corrected chi connectivity index (χ2v) is 3.19. The Kier molecular flexibility index (Phi) is 4.10. The van der Waals surface area contributed by atoms with Gasteiger partial charge in [0.15, 0.2) is 6.61 Å². The SMILES string of the molecule is C/C(N)=C(/C#N)C(=O)COc1ccccc1. The van der Waals surface area contributed by atoms with Gasteiger partial charge >= 0.3 is 0 Å². The van der Waals surface area contributed by atoms with Crippen LogP contribution >= 0.6 is 0 Å². The van der Waals surface area contributed by atoms with E-state index in [2.05, 4.69) is 0 Å². The van der Waals surface area contributed by atoms with E-state index in [1.807, 2.05) is 6.07 Å². The van der Waals surface area contributed by atoms with Gasteiger partial charge in [-0.2, -0.15) is 5.26 Å². The fourth-order valence-corrected chi connectivity index (χ4v) is 1.11. The van der Waals surface area contributed by atoms with E-state index in [0.717, 1.165) is 0 Å². The largest absolute Gasteiger partial charge is 0.485 e. The van der Waals surface area contributed by atoms with Crippen LogP contribution in [0.15, 0.2) is 41.6 Å². The quantitative estimate of drug-likeness (QED) is 0.609. The van der Waals surface area contributed by atoms with Crippen molar-refractivity contribution in [1.29, 1.82) is 5.26 Å². The van der Waals surface area contributed by atoms with E-state index in [9.17, 15) is 4.79 Å². The summed E-state index contributed by atoms with van der Waals surface area (Å²) in [6.07, 6.45) is 0. The van der Waals surface area contributed by atoms with Gasteiger partial charge in [-0.15, -0.1) is 0 Å². The van der Waals surface area contributed by atoms with Crippen LogP contribution < -0.4 is 10.5 Å². The maximum Gasteiger partial charge on any atom is 0.212 e. The zero-order valence-corrected chi connectivity index (χ0v) is 8.93. The van der Waals surface area contributed by atoms with Crippen LogP contribution in [0.5, 0.6) is 5.75 Å². The lowest BCUT2D eigenvalue weighted by Gasteiger charge is -2.04. The van der Waals surface area contributed by atoms with Gasteiger partial charge < -0.3 is 10.5 Å². The van der Waals surface area contributed by atoms with Crippen LogP contribution in [-0.4, -0.2) is 12.4 Å². The highest BCUT2D eigenvalue weighted by Gasteiger charge is 2.11. The summed E-state index contributed by atoms with van der Waals surface area (Å²) in [7, 11) is 0. The van der Waals surface area contributed by atoms with E-state index in [-0.39, 0.29) is 17.9 Å². The molecule has 0 aliphatic carbocycles.